The molecule has 49 heavy (non-hydrogen) atoms. The molecule has 0 bridgehead atoms. The molecule has 0 radical (unpaired) electrons. The fourth-order valence-electron chi connectivity index (χ4n) is 3.65. The molecule has 0 aliphatic rings. The third-order valence-electron chi connectivity index (χ3n) is 5.70. The molecule has 0 atom stereocenters. The van der Waals surface area contributed by atoms with Gasteiger partial charge < -0.3 is 38.5 Å². The summed E-state index contributed by atoms with van der Waals surface area (Å²) < 4.78 is 55.2. The third-order valence-corrected chi connectivity index (χ3v) is 9.04. The standard InChI is InChI=1S/C24H20O7P2.2C6H6O2/c25-32(27-21-13-5-1-6-14-21,28-22-15-7-2-8-16-22)31-33(26,29-23-17-9-3-10-18-23)30-24-19-11-4-12-20-24;2*7-5-2-1-3-6(8)4-5/h1-20H;2*1-4,7-8H. The lowest BCUT2D eigenvalue weighted by atomic mass is 10.3. The molecule has 6 aromatic carbocycles. The lowest BCUT2D eigenvalue weighted by Gasteiger charge is -2.23. The fourth-order valence-corrected chi connectivity index (χ4v) is 6.76. The monoisotopic (exact) mass is 702 g/mol. The summed E-state index contributed by atoms with van der Waals surface area (Å²) >= 11 is 0. The minimum Gasteiger partial charge on any atom is -0.508 e. The average molecular weight is 703 g/mol. The van der Waals surface area contributed by atoms with Crippen molar-refractivity contribution in [3.8, 4) is 46.0 Å². The zero-order chi connectivity index (χ0) is 35.0. The summed E-state index contributed by atoms with van der Waals surface area (Å²) in [5, 5.41) is 34.6. The van der Waals surface area contributed by atoms with Crippen LogP contribution in [0.3, 0.4) is 0 Å². The molecule has 0 aliphatic heterocycles. The van der Waals surface area contributed by atoms with Gasteiger partial charge >= 0.3 is 15.6 Å². The van der Waals surface area contributed by atoms with Crippen LogP contribution >= 0.6 is 15.6 Å². The second kappa shape index (κ2) is 17.9. The van der Waals surface area contributed by atoms with E-state index >= 15 is 0 Å². The van der Waals surface area contributed by atoms with Crippen molar-refractivity contribution < 1.29 is 52.0 Å². The molecule has 0 amide bonds. The SMILES string of the molecule is O=P(Oc1ccccc1)(Oc1ccccc1)OP(=O)(Oc1ccccc1)Oc1ccccc1.Oc1cccc(O)c1.Oc1cccc(O)c1. The second-order valence-corrected chi connectivity index (χ2v) is 12.8. The number of rotatable bonds is 10. The zero-order valence-electron chi connectivity index (χ0n) is 25.7. The van der Waals surface area contributed by atoms with E-state index in [4.69, 9.17) is 42.8 Å². The van der Waals surface area contributed by atoms with E-state index in [1.807, 2.05) is 0 Å². The van der Waals surface area contributed by atoms with Crippen LogP contribution < -0.4 is 18.1 Å². The van der Waals surface area contributed by atoms with Crippen LogP contribution in [0.4, 0.5) is 0 Å². The Labute approximate surface area is 283 Å². The Morgan fingerprint density at radius 2 is 0.551 bits per heavy atom. The molecule has 11 nitrogen and oxygen atoms in total. The number of phosphoric acid groups is 2. The van der Waals surface area contributed by atoms with Gasteiger partial charge in [-0.2, -0.15) is 0 Å². The minimum atomic E-state index is -4.57. The van der Waals surface area contributed by atoms with E-state index in [0.717, 1.165) is 0 Å². The van der Waals surface area contributed by atoms with Gasteiger partial charge in [0.2, 0.25) is 0 Å². The van der Waals surface area contributed by atoms with Crippen molar-refractivity contribution >= 4 is 15.6 Å². The molecular formula is C36H32O11P2. The molecule has 13 heteroatoms. The van der Waals surface area contributed by atoms with Crippen molar-refractivity contribution in [1.82, 2.24) is 0 Å². The number of benzene rings is 6. The molecule has 252 valence electrons. The van der Waals surface area contributed by atoms with Crippen molar-refractivity contribution in [2.45, 2.75) is 0 Å². The first-order valence-corrected chi connectivity index (χ1v) is 17.4. The Balaban J connectivity index is 0.000000275. The van der Waals surface area contributed by atoms with E-state index < -0.39 is 15.6 Å². The predicted molar refractivity (Wildman–Crippen MR) is 184 cm³/mol. The van der Waals surface area contributed by atoms with Crippen molar-refractivity contribution in [2.75, 3.05) is 0 Å². The number of para-hydroxylation sites is 4. The first kappa shape index (κ1) is 36.0. The number of hydrogen-bond donors (Lipinski definition) is 4. The van der Waals surface area contributed by atoms with E-state index in [1.54, 1.807) is 133 Å². The van der Waals surface area contributed by atoms with Crippen LogP contribution in [0.2, 0.25) is 0 Å². The van der Waals surface area contributed by atoms with Crippen LogP contribution in [0.1, 0.15) is 0 Å². The first-order chi connectivity index (χ1) is 23.6. The molecular weight excluding hydrogens is 670 g/mol. The van der Waals surface area contributed by atoms with Gasteiger partial charge in [-0.1, -0.05) is 84.9 Å². The van der Waals surface area contributed by atoms with Gasteiger partial charge in [-0.3, -0.25) is 0 Å². The van der Waals surface area contributed by atoms with Crippen LogP contribution in [-0.2, 0) is 13.4 Å². The fraction of sp³-hybridized carbons (Fsp3) is 0. The summed E-state index contributed by atoms with van der Waals surface area (Å²) in [7, 11) is -9.14. The van der Waals surface area contributed by atoms with Crippen molar-refractivity contribution in [3.05, 3.63) is 170 Å². The van der Waals surface area contributed by atoms with Gasteiger partial charge in [0.1, 0.15) is 46.0 Å². The number of phosphoric ester groups is 2. The summed E-state index contributed by atoms with van der Waals surface area (Å²) in [6.07, 6.45) is 0. The summed E-state index contributed by atoms with van der Waals surface area (Å²) in [4.78, 5) is 0. The van der Waals surface area contributed by atoms with E-state index in [0.29, 0.717) is 0 Å². The largest absolute Gasteiger partial charge is 0.598 e. The maximum atomic E-state index is 13.7. The van der Waals surface area contributed by atoms with Gasteiger partial charge in [0.05, 0.1) is 0 Å². The number of aromatic hydroxyl groups is 4. The summed E-state index contributed by atoms with van der Waals surface area (Å²) in [6.45, 7) is 0. The first-order valence-electron chi connectivity index (χ1n) is 14.5. The maximum absolute atomic E-state index is 13.7. The van der Waals surface area contributed by atoms with Crippen LogP contribution in [0.25, 0.3) is 0 Å². The van der Waals surface area contributed by atoms with Crippen LogP contribution in [0, 0.1) is 0 Å². The Bertz CT molecular complexity index is 1680. The molecule has 0 saturated heterocycles. The minimum absolute atomic E-state index is 0.0880. The van der Waals surface area contributed by atoms with Gasteiger partial charge in [-0.15, -0.1) is 4.31 Å². The lowest BCUT2D eigenvalue weighted by molar-refractivity contribution is 0.243. The Hall–Kier alpha value is -5.86. The van der Waals surface area contributed by atoms with Gasteiger partial charge in [0, 0.05) is 12.1 Å². The Morgan fingerprint density at radius 3 is 0.735 bits per heavy atom. The molecule has 0 heterocycles. The molecule has 4 N–H and O–H groups in total. The highest BCUT2D eigenvalue weighted by atomic mass is 31.3. The maximum Gasteiger partial charge on any atom is 0.598 e. The molecule has 0 aliphatic carbocycles. The highest BCUT2D eigenvalue weighted by Gasteiger charge is 2.46. The van der Waals surface area contributed by atoms with Gasteiger partial charge in [-0.05, 0) is 72.8 Å². The van der Waals surface area contributed by atoms with Crippen molar-refractivity contribution in [3.63, 3.8) is 0 Å². The van der Waals surface area contributed by atoms with E-state index in [-0.39, 0.29) is 46.0 Å². The number of hydrogen-bond acceptors (Lipinski definition) is 11. The normalized spacial score (nSPS) is 10.6. The molecule has 0 fully saturated rings. The van der Waals surface area contributed by atoms with E-state index in [2.05, 4.69) is 0 Å². The summed E-state index contributed by atoms with van der Waals surface area (Å²) in [6, 6.07) is 44.7. The lowest BCUT2D eigenvalue weighted by Crippen LogP contribution is -2.10. The second-order valence-electron chi connectivity index (χ2n) is 9.63. The van der Waals surface area contributed by atoms with Crippen LogP contribution in [-0.4, -0.2) is 20.4 Å². The van der Waals surface area contributed by atoms with Gasteiger partial charge in [-0.25, -0.2) is 9.13 Å². The highest BCUT2D eigenvalue weighted by molar-refractivity contribution is 7.63. The third kappa shape index (κ3) is 13.0. The molecule has 0 saturated carbocycles. The number of phenolic OH excluding ortho intramolecular Hbond substituents is 4. The average Bonchev–Trinajstić information content (AvgIpc) is 3.06. The quantitative estimate of drug-likeness (QED) is 0.101. The van der Waals surface area contributed by atoms with Crippen LogP contribution in [0.5, 0.6) is 46.0 Å². The van der Waals surface area contributed by atoms with Gasteiger partial charge in [0.15, 0.2) is 0 Å². The number of phenols is 4. The summed E-state index contributed by atoms with van der Waals surface area (Å²) in [5.41, 5.74) is 0. The zero-order valence-corrected chi connectivity index (χ0v) is 27.5. The molecule has 0 aromatic heterocycles. The smallest absolute Gasteiger partial charge is 0.508 e. The van der Waals surface area contributed by atoms with E-state index in [9.17, 15) is 9.13 Å². The molecule has 6 rings (SSSR count). The molecule has 0 spiro atoms. The van der Waals surface area contributed by atoms with Crippen LogP contribution in [0.15, 0.2) is 170 Å². The van der Waals surface area contributed by atoms with Crippen molar-refractivity contribution in [2.24, 2.45) is 0 Å². The Morgan fingerprint density at radius 1 is 0.327 bits per heavy atom. The van der Waals surface area contributed by atoms with Gasteiger partial charge in [0.25, 0.3) is 0 Å². The highest BCUT2D eigenvalue weighted by Crippen LogP contribution is 2.64. The van der Waals surface area contributed by atoms with Crippen molar-refractivity contribution in [1.29, 1.82) is 0 Å². The summed E-state index contributed by atoms with van der Waals surface area (Å²) in [5.74, 6) is 1.08. The topological polar surface area (TPSA) is 161 Å². The molecule has 6 aromatic rings. The van der Waals surface area contributed by atoms with E-state index in [1.165, 1.54) is 36.4 Å². The molecule has 0 unspecified atom stereocenters. The Kier molecular flexibility index (Phi) is 13.1. The predicted octanol–water partition coefficient (Wildman–Crippen LogP) is 9.73.